The minimum Gasteiger partial charge on any atom is -0.461 e. The van der Waals surface area contributed by atoms with Gasteiger partial charge in [-0.1, -0.05) is 36.4 Å². The Bertz CT molecular complexity index is 884. The number of alkyl halides is 3. The molecule has 1 N–H and O–H groups in total. The van der Waals surface area contributed by atoms with Gasteiger partial charge >= 0.3 is 12.1 Å². The highest BCUT2D eigenvalue weighted by atomic mass is 19.4. The smallest absolute Gasteiger partial charge is 0.416 e. The third kappa shape index (κ3) is 4.02. The predicted molar refractivity (Wildman–Crippen MR) is 87.9 cm³/mol. The van der Waals surface area contributed by atoms with E-state index in [4.69, 9.17) is 4.74 Å². The maximum Gasteiger partial charge on any atom is 0.416 e. The quantitative estimate of drug-likeness (QED) is 0.670. The van der Waals surface area contributed by atoms with Gasteiger partial charge in [0, 0.05) is 29.1 Å². The Morgan fingerprint density at radius 1 is 1.00 bits per heavy atom. The number of para-hydroxylation sites is 1. The molecule has 1 heterocycles. The Balaban J connectivity index is 1.59. The lowest BCUT2D eigenvalue weighted by Crippen LogP contribution is -2.12. The van der Waals surface area contributed by atoms with Gasteiger partial charge in [0.2, 0.25) is 0 Å². The molecule has 0 aliphatic rings. The van der Waals surface area contributed by atoms with Crippen LogP contribution >= 0.6 is 0 Å². The molecule has 130 valence electrons. The molecular weight excluding hydrogens is 331 g/mol. The first-order chi connectivity index (χ1) is 11.9. The molecule has 0 aliphatic heterocycles. The number of hydrogen-bond acceptors (Lipinski definition) is 2. The third-order valence-corrected chi connectivity index (χ3v) is 3.98. The monoisotopic (exact) mass is 347 g/mol. The lowest BCUT2D eigenvalue weighted by molar-refractivity contribution is -0.147. The van der Waals surface area contributed by atoms with Crippen LogP contribution in [0.1, 0.15) is 23.1 Å². The number of hydrogen-bond donors (Lipinski definition) is 1. The maximum atomic E-state index is 12.9. The van der Waals surface area contributed by atoms with Crippen molar-refractivity contribution < 1.29 is 22.7 Å². The van der Waals surface area contributed by atoms with Crippen LogP contribution in [0.4, 0.5) is 13.2 Å². The van der Waals surface area contributed by atoms with Gasteiger partial charge in [0.25, 0.3) is 0 Å². The zero-order valence-electron chi connectivity index (χ0n) is 13.3. The largest absolute Gasteiger partial charge is 0.461 e. The van der Waals surface area contributed by atoms with E-state index in [2.05, 4.69) is 4.98 Å². The Morgan fingerprint density at radius 2 is 1.72 bits per heavy atom. The highest BCUT2D eigenvalue weighted by molar-refractivity contribution is 5.83. The van der Waals surface area contributed by atoms with Crippen LogP contribution in [0.5, 0.6) is 0 Å². The molecule has 0 aliphatic carbocycles. The summed E-state index contributed by atoms with van der Waals surface area (Å²) in [5, 5.41) is 1.03. The van der Waals surface area contributed by atoms with E-state index in [1.807, 2.05) is 30.5 Å². The molecule has 0 saturated carbocycles. The number of ether oxygens (including phenoxy) is 1. The van der Waals surface area contributed by atoms with Gasteiger partial charge in [0.05, 0.1) is 5.56 Å². The van der Waals surface area contributed by atoms with Gasteiger partial charge in [-0.15, -0.1) is 0 Å². The number of halogens is 3. The zero-order valence-corrected chi connectivity index (χ0v) is 13.3. The van der Waals surface area contributed by atoms with E-state index in [0.717, 1.165) is 22.5 Å². The summed E-state index contributed by atoms with van der Waals surface area (Å²) in [6.07, 6.45) is -2.07. The number of aromatic nitrogens is 1. The zero-order chi connectivity index (χ0) is 17.9. The summed E-state index contributed by atoms with van der Waals surface area (Å²) < 4.78 is 43.8. The second-order valence-electron chi connectivity index (χ2n) is 5.68. The SMILES string of the molecule is O=C(CCc1c[nH]c2ccccc12)OCc1ccccc1C(F)(F)F. The summed E-state index contributed by atoms with van der Waals surface area (Å²) in [5.41, 5.74) is 1.13. The van der Waals surface area contributed by atoms with Crippen molar-refractivity contribution in [3.63, 3.8) is 0 Å². The molecule has 0 amide bonds. The number of aryl methyl sites for hydroxylation is 1. The molecule has 1 aromatic heterocycles. The van der Waals surface area contributed by atoms with Crippen LogP contribution in [0.2, 0.25) is 0 Å². The first kappa shape index (κ1) is 17.1. The molecule has 0 spiro atoms. The Morgan fingerprint density at radius 3 is 2.52 bits per heavy atom. The van der Waals surface area contributed by atoms with Crippen molar-refractivity contribution in [1.82, 2.24) is 4.98 Å². The van der Waals surface area contributed by atoms with E-state index < -0.39 is 17.7 Å². The highest BCUT2D eigenvalue weighted by Crippen LogP contribution is 2.32. The molecule has 0 saturated heterocycles. The molecular formula is C19H16F3NO2. The average molecular weight is 347 g/mol. The van der Waals surface area contributed by atoms with Gasteiger partial charge < -0.3 is 9.72 Å². The van der Waals surface area contributed by atoms with E-state index in [1.165, 1.54) is 18.2 Å². The van der Waals surface area contributed by atoms with Gasteiger partial charge in [-0.2, -0.15) is 13.2 Å². The van der Waals surface area contributed by atoms with E-state index >= 15 is 0 Å². The van der Waals surface area contributed by atoms with Crippen molar-refractivity contribution >= 4 is 16.9 Å². The van der Waals surface area contributed by atoms with Crippen molar-refractivity contribution in [3.05, 3.63) is 71.4 Å². The topological polar surface area (TPSA) is 42.1 Å². The van der Waals surface area contributed by atoms with E-state index in [9.17, 15) is 18.0 Å². The molecule has 3 aromatic rings. The van der Waals surface area contributed by atoms with E-state index in [1.54, 1.807) is 0 Å². The number of H-pyrrole nitrogens is 1. The number of carbonyl (C=O) groups is 1. The highest BCUT2D eigenvalue weighted by Gasteiger charge is 2.33. The Kier molecular flexibility index (Phi) is 4.79. The van der Waals surface area contributed by atoms with Crippen LogP contribution < -0.4 is 0 Å². The number of esters is 1. The molecule has 0 fully saturated rings. The Labute approximate surface area is 142 Å². The summed E-state index contributed by atoms with van der Waals surface area (Å²) in [7, 11) is 0. The number of aromatic amines is 1. The molecule has 25 heavy (non-hydrogen) atoms. The van der Waals surface area contributed by atoms with Gasteiger partial charge in [-0.25, -0.2) is 0 Å². The first-order valence-electron chi connectivity index (χ1n) is 7.81. The fourth-order valence-electron chi connectivity index (χ4n) is 2.73. The molecule has 2 aromatic carbocycles. The van der Waals surface area contributed by atoms with Crippen molar-refractivity contribution in [1.29, 1.82) is 0 Å². The van der Waals surface area contributed by atoms with E-state index in [0.29, 0.717) is 6.42 Å². The molecule has 0 unspecified atom stereocenters. The number of nitrogens with one attached hydrogen (secondary N) is 1. The van der Waals surface area contributed by atoms with Crippen molar-refractivity contribution in [2.24, 2.45) is 0 Å². The normalized spacial score (nSPS) is 11.6. The maximum absolute atomic E-state index is 12.9. The van der Waals surface area contributed by atoms with Crippen LogP contribution in [0.15, 0.2) is 54.7 Å². The molecule has 3 nitrogen and oxygen atoms in total. The van der Waals surface area contributed by atoms with Crippen LogP contribution in [0.25, 0.3) is 10.9 Å². The van der Waals surface area contributed by atoms with Gasteiger partial charge in [0.1, 0.15) is 6.61 Å². The number of rotatable bonds is 5. The minimum atomic E-state index is -4.47. The van der Waals surface area contributed by atoms with Crippen LogP contribution in [0, 0.1) is 0 Å². The molecule has 6 heteroatoms. The van der Waals surface area contributed by atoms with Gasteiger partial charge in [0.15, 0.2) is 0 Å². The lowest BCUT2D eigenvalue weighted by Gasteiger charge is -2.12. The Hall–Kier alpha value is -2.76. The summed E-state index contributed by atoms with van der Waals surface area (Å²) >= 11 is 0. The second kappa shape index (κ2) is 7.01. The van der Waals surface area contributed by atoms with E-state index in [-0.39, 0.29) is 18.6 Å². The summed E-state index contributed by atoms with van der Waals surface area (Å²) in [4.78, 5) is 15.0. The van der Waals surface area contributed by atoms with Crippen molar-refractivity contribution in [2.75, 3.05) is 0 Å². The van der Waals surface area contributed by atoms with Gasteiger partial charge in [-0.3, -0.25) is 4.79 Å². The number of benzene rings is 2. The van der Waals surface area contributed by atoms with Gasteiger partial charge in [-0.05, 0) is 24.1 Å². The fraction of sp³-hybridized carbons (Fsp3) is 0.211. The molecule has 0 bridgehead atoms. The second-order valence-corrected chi connectivity index (χ2v) is 5.68. The molecule has 0 atom stereocenters. The lowest BCUT2D eigenvalue weighted by atomic mass is 10.1. The first-order valence-corrected chi connectivity index (χ1v) is 7.81. The number of fused-ring (bicyclic) bond motifs is 1. The summed E-state index contributed by atoms with van der Waals surface area (Å²) in [5.74, 6) is -0.526. The van der Waals surface area contributed by atoms with Crippen LogP contribution in [-0.2, 0) is 28.7 Å². The average Bonchev–Trinajstić information content (AvgIpc) is 3.01. The third-order valence-electron chi connectivity index (χ3n) is 3.98. The minimum absolute atomic E-state index is 0.0459. The van der Waals surface area contributed by atoms with Crippen LogP contribution in [0.3, 0.4) is 0 Å². The summed E-state index contributed by atoms with van der Waals surface area (Å²) in [6, 6.07) is 12.8. The van der Waals surface area contributed by atoms with Crippen molar-refractivity contribution in [3.8, 4) is 0 Å². The standard InChI is InChI=1S/C19H16F3NO2/c20-19(21,22)16-7-3-1-5-14(16)12-25-18(24)10-9-13-11-23-17-8-4-2-6-15(13)17/h1-8,11,23H,9-10,12H2. The molecule has 0 radical (unpaired) electrons. The van der Waals surface area contributed by atoms with Crippen molar-refractivity contribution in [2.45, 2.75) is 25.6 Å². The number of carbonyl (C=O) groups excluding carboxylic acids is 1. The predicted octanol–water partition coefficient (Wildman–Crippen LogP) is 4.86. The summed E-state index contributed by atoms with van der Waals surface area (Å²) in [6.45, 7) is -0.387. The van der Waals surface area contributed by atoms with Crippen LogP contribution in [-0.4, -0.2) is 11.0 Å². The molecule has 3 rings (SSSR count). The fourth-order valence-corrected chi connectivity index (χ4v) is 2.73.